The number of nitrogens with zero attached hydrogens (tertiary/aromatic N) is 1. The Morgan fingerprint density at radius 3 is 2.50 bits per heavy atom. The fourth-order valence-corrected chi connectivity index (χ4v) is 3.42. The largest absolute Gasteiger partial charge is 0.357 e. The first-order chi connectivity index (χ1) is 11.5. The molecule has 0 saturated carbocycles. The van der Waals surface area contributed by atoms with Gasteiger partial charge in [-0.05, 0) is 38.8 Å². The number of hydrogen-bond donors (Lipinski definition) is 3. The number of rotatable bonds is 7. The van der Waals surface area contributed by atoms with Crippen LogP contribution >= 0.6 is 0 Å². The molecule has 0 heterocycles. The lowest BCUT2D eigenvalue weighted by molar-refractivity contribution is 0.581. The Balaban J connectivity index is 1.85. The summed E-state index contributed by atoms with van der Waals surface area (Å²) in [5.74, 6) is 0.723. The van der Waals surface area contributed by atoms with Crippen LogP contribution in [0.3, 0.4) is 0 Å². The molecular formula is C17H26N4O2S. The van der Waals surface area contributed by atoms with Crippen LogP contribution in [0.25, 0.3) is 0 Å². The Kier molecular flexibility index (Phi) is 6.81. The van der Waals surface area contributed by atoms with Crippen molar-refractivity contribution in [2.24, 2.45) is 4.99 Å². The molecule has 0 fully saturated rings. The highest BCUT2D eigenvalue weighted by Gasteiger charge is 2.13. The van der Waals surface area contributed by atoms with Gasteiger partial charge in [0.2, 0.25) is 10.0 Å². The summed E-state index contributed by atoms with van der Waals surface area (Å²) in [6.07, 6.45) is 6.28. The highest BCUT2D eigenvalue weighted by atomic mass is 32.2. The average molecular weight is 350 g/mol. The van der Waals surface area contributed by atoms with E-state index >= 15 is 0 Å². The summed E-state index contributed by atoms with van der Waals surface area (Å²) in [6, 6.07) is 7.16. The summed E-state index contributed by atoms with van der Waals surface area (Å²) in [7, 11) is -3.48. The van der Waals surface area contributed by atoms with Crippen molar-refractivity contribution in [2.75, 3.05) is 19.6 Å². The molecule has 24 heavy (non-hydrogen) atoms. The van der Waals surface area contributed by atoms with E-state index in [4.69, 9.17) is 0 Å². The molecule has 1 aliphatic rings. The van der Waals surface area contributed by atoms with Gasteiger partial charge in [-0.15, -0.1) is 0 Å². The number of sulfonamides is 1. The fourth-order valence-electron chi connectivity index (χ4n) is 2.40. The fraction of sp³-hybridized carbons (Fsp3) is 0.471. The maximum Gasteiger partial charge on any atom is 0.240 e. The Labute approximate surface area is 144 Å². The second-order valence-electron chi connectivity index (χ2n) is 5.76. The lowest BCUT2D eigenvalue weighted by Crippen LogP contribution is -2.42. The highest BCUT2D eigenvalue weighted by molar-refractivity contribution is 7.89. The van der Waals surface area contributed by atoms with E-state index in [1.807, 2.05) is 13.8 Å². The molecule has 0 amide bonds. The summed E-state index contributed by atoms with van der Waals surface area (Å²) in [5, 5.41) is 6.53. The van der Waals surface area contributed by atoms with Gasteiger partial charge in [-0.2, -0.15) is 0 Å². The summed E-state index contributed by atoms with van der Waals surface area (Å²) < 4.78 is 27.0. The lowest BCUT2D eigenvalue weighted by atomic mass is 10.2. The van der Waals surface area contributed by atoms with E-state index in [2.05, 4.69) is 32.5 Å². The van der Waals surface area contributed by atoms with Gasteiger partial charge >= 0.3 is 0 Å². The van der Waals surface area contributed by atoms with Crippen LogP contribution in [0.5, 0.6) is 0 Å². The molecule has 0 saturated heterocycles. The van der Waals surface area contributed by atoms with E-state index < -0.39 is 10.0 Å². The summed E-state index contributed by atoms with van der Waals surface area (Å²) >= 11 is 0. The Morgan fingerprint density at radius 2 is 1.88 bits per heavy atom. The number of benzene rings is 1. The maximum absolute atomic E-state index is 12.2. The quantitative estimate of drug-likeness (QED) is 0.302. The van der Waals surface area contributed by atoms with Gasteiger partial charge in [0, 0.05) is 19.1 Å². The minimum atomic E-state index is -3.48. The molecule has 1 aliphatic carbocycles. The van der Waals surface area contributed by atoms with Crippen molar-refractivity contribution < 1.29 is 8.42 Å². The van der Waals surface area contributed by atoms with E-state index in [1.165, 1.54) is 0 Å². The van der Waals surface area contributed by atoms with Crippen molar-refractivity contribution in [3.8, 4) is 0 Å². The third kappa shape index (κ3) is 5.65. The van der Waals surface area contributed by atoms with Crippen molar-refractivity contribution >= 4 is 16.0 Å². The molecule has 0 atom stereocenters. The van der Waals surface area contributed by atoms with Gasteiger partial charge in [-0.25, -0.2) is 13.1 Å². The maximum atomic E-state index is 12.2. The minimum Gasteiger partial charge on any atom is -0.357 e. The normalized spacial score (nSPS) is 15.7. The van der Waals surface area contributed by atoms with Crippen molar-refractivity contribution in [3.05, 3.63) is 42.0 Å². The Bertz CT molecular complexity index is 673. The molecule has 3 N–H and O–H groups in total. The van der Waals surface area contributed by atoms with E-state index in [9.17, 15) is 8.42 Å². The molecule has 7 heteroatoms. The van der Waals surface area contributed by atoms with Crippen molar-refractivity contribution in [3.63, 3.8) is 0 Å². The van der Waals surface area contributed by atoms with Crippen LogP contribution in [-0.2, 0) is 10.0 Å². The predicted octanol–water partition coefficient (Wildman–Crippen LogP) is 1.55. The van der Waals surface area contributed by atoms with Gasteiger partial charge in [-0.1, -0.05) is 29.8 Å². The van der Waals surface area contributed by atoms with Crippen LogP contribution in [0.2, 0.25) is 0 Å². The first kappa shape index (κ1) is 18.5. The smallest absolute Gasteiger partial charge is 0.240 e. The topological polar surface area (TPSA) is 82.6 Å². The van der Waals surface area contributed by atoms with E-state index in [1.54, 1.807) is 24.3 Å². The molecule has 0 aromatic heterocycles. The third-order valence-corrected chi connectivity index (χ3v) is 5.17. The van der Waals surface area contributed by atoms with Crippen LogP contribution in [0.1, 0.15) is 25.3 Å². The number of hydrogen-bond acceptors (Lipinski definition) is 3. The van der Waals surface area contributed by atoms with E-state index in [-0.39, 0.29) is 11.4 Å². The zero-order valence-corrected chi connectivity index (χ0v) is 15.1. The van der Waals surface area contributed by atoms with Crippen LogP contribution in [-0.4, -0.2) is 40.1 Å². The van der Waals surface area contributed by atoms with Gasteiger partial charge in [-0.3, -0.25) is 4.99 Å². The monoisotopic (exact) mass is 350 g/mol. The lowest BCUT2D eigenvalue weighted by Gasteiger charge is -2.16. The third-order valence-electron chi connectivity index (χ3n) is 3.70. The zero-order chi connectivity index (χ0) is 17.4. The molecule has 2 rings (SSSR count). The van der Waals surface area contributed by atoms with Gasteiger partial charge < -0.3 is 10.6 Å². The summed E-state index contributed by atoms with van der Waals surface area (Å²) in [4.78, 5) is 4.70. The molecule has 6 nitrogen and oxygen atoms in total. The van der Waals surface area contributed by atoms with Crippen molar-refractivity contribution in [2.45, 2.75) is 37.6 Å². The minimum absolute atomic E-state index is 0.260. The Morgan fingerprint density at radius 1 is 1.21 bits per heavy atom. The number of nitrogens with one attached hydrogen (secondary N) is 3. The SMILES string of the molecule is CCNC(=NCCNS(=O)(=O)c1ccc(C)cc1)NC1CC=CC1. The molecule has 0 radical (unpaired) electrons. The predicted molar refractivity (Wildman–Crippen MR) is 97.6 cm³/mol. The zero-order valence-electron chi connectivity index (χ0n) is 14.2. The Hall–Kier alpha value is -1.86. The van der Waals surface area contributed by atoms with Crippen LogP contribution < -0.4 is 15.4 Å². The summed E-state index contributed by atoms with van der Waals surface area (Å²) in [6.45, 7) is 5.33. The van der Waals surface area contributed by atoms with Gasteiger partial charge in [0.1, 0.15) is 0 Å². The highest BCUT2D eigenvalue weighted by Crippen LogP contribution is 2.10. The van der Waals surface area contributed by atoms with Crippen LogP contribution in [0.4, 0.5) is 0 Å². The molecule has 1 aromatic rings. The van der Waals surface area contributed by atoms with Gasteiger partial charge in [0.25, 0.3) is 0 Å². The molecule has 0 unspecified atom stereocenters. The number of aliphatic imine (C=N–C) groups is 1. The van der Waals surface area contributed by atoms with E-state index in [0.29, 0.717) is 12.6 Å². The van der Waals surface area contributed by atoms with Crippen molar-refractivity contribution in [1.82, 2.24) is 15.4 Å². The molecule has 0 bridgehead atoms. The first-order valence-corrected chi connectivity index (χ1v) is 9.76. The van der Waals surface area contributed by atoms with Gasteiger partial charge in [0.05, 0.1) is 11.4 Å². The molecule has 132 valence electrons. The van der Waals surface area contributed by atoms with E-state index in [0.717, 1.165) is 30.9 Å². The molecule has 1 aromatic carbocycles. The first-order valence-electron chi connectivity index (χ1n) is 8.27. The molecule has 0 aliphatic heterocycles. The second kappa shape index (κ2) is 8.84. The van der Waals surface area contributed by atoms with Crippen molar-refractivity contribution in [1.29, 1.82) is 0 Å². The standard InChI is InChI=1S/C17H26N4O2S/c1-3-18-17(21-15-6-4-5-7-15)19-12-13-20-24(22,23)16-10-8-14(2)9-11-16/h4-5,8-11,15,20H,3,6-7,12-13H2,1-2H3,(H2,18,19,21). The number of aryl methyl sites for hydroxylation is 1. The molecule has 0 spiro atoms. The van der Waals surface area contributed by atoms with Crippen LogP contribution in [0, 0.1) is 6.92 Å². The van der Waals surface area contributed by atoms with Crippen LogP contribution in [0.15, 0.2) is 46.3 Å². The number of guanidine groups is 1. The second-order valence-corrected chi connectivity index (χ2v) is 7.52. The van der Waals surface area contributed by atoms with Gasteiger partial charge in [0.15, 0.2) is 5.96 Å². The summed E-state index contributed by atoms with van der Waals surface area (Å²) in [5.41, 5.74) is 1.03. The molecular weight excluding hydrogens is 324 g/mol. The average Bonchev–Trinajstić information content (AvgIpc) is 3.05.